The van der Waals surface area contributed by atoms with Gasteiger partial charge in [-0.15, -0.1) is 0 Å². The van der Waals surface area contributed by atoms with Gasteiger partial charge >= 0.3 is 5.97 Å². The number of ether oxygens (including phenoxy) is 1. The van der Waals surface area contributed by atoms with E-state index in [2.05, 4.69) is 6.58 Å². The fourth-order valence-corrected chi connectivity index (χ4v) is 1.79. The topological polar surface area (TPSA) is 31.2 Å². The van der Waals surface area contributed by atoms with Gasteiger partial charge < -0.3 is 9.30 Å². The van der Waals surface area contributed by atoms with Gasteiger partial charge in [0.1, 0.15) is 6.61 Å². The van der Waals surface area contributed by atoms with Crippen LogP contribution in [0, 0.1) is 6.92 Å². The molecule has 0 aliphatic rings. The molecule has 0 fully saturated rings. The molecule has 3 nitrogen and oxygen atoms in total. The second-order valence-corrected chi connectivity index (χ2v) is 3.98. The van der Waals surface area contributed by atoms with Gasteiger partial charge in [-0.1, -0.05) is 12.7 Å². The Kier molecular flexibility index (Phi) is 3.63. The first-order valence-corrected chi connectivity index (χ1v) is 5.74. The number of carbonyl (C=O) groups excluding carboxylic acids is 1. The van der Waals surface area contributed by atoms with E-state index in [1.807, 2.05) is 48.1 Å². The molecule has 0 radical (unpaired) electrons. The third kappa shape index (κ3) is 2.51. The van der Waals surface area contributed by atoms with Gasteiger partial charge in [-0.3, -0.25) is 0 Å². The van der Waals surface area contributed by atoms with Crippen LogP contribution < -0.4 is 0 Å². The minimum atomic E-state index is -0.322. The van der Waals surface area contributed by atoms with Crippen molar-refractivity contribution in [2.24, 2.45) is 0 Å². The smallest absolute Gasteiger partial charge is 0.338 e. The number of hydrogen-bond donors (Lipinski definition) is 0. The number of benzene rings is 1. The van der Waals surface area contributed by atoms with E-state index in [-0.39, 0.29) is 12.6 Å². The Morgan fingerprint density at radius 1 is 1.39 bits per heavy atom. The minimum Gasteiger partial charge on any atom is -0.458 e. The van der Waals surface area contributed by atoms with E-state index >= 15 is 0 Å². The number of hydrogen-bond acceptors (Lipinski definition) is 2. The normalized spacial score (nSPS) is 10.1. The van der Waals surface area contributed by atoms with Crippen molar-refractivity contribution in [1.82, 2.24) is 4.57 Å². The quantitative estimate of drug-likeness (QED) is 0.608. The van der Waals surface area contributed by atoms with E-state index in [0.717, 1.165) is 11.3 Å². The minimum absolute atomic E-state index is 0.233. The van der Waals surface area contributed by atoms with Gasteiger partial charge in [0.2, 0.25) is 0 Å². The molecule has 92 valence electrons. The van der Waals surface area contributed by atoms with E-state index < -0.39 is 0 Å². The van der Waals surface area contributed by atoms with E-state index in [1.165, 1.54) is 0 Å². The summed E-state index contributed by atoms with van der Waals surface area (Å²) in [7, 11) is 0. The zero-order valence-electron chi connectivity index (χ0n) is 10.3. The number of esters is 1. The van der Waals surface area contributed by atoms with Gasteiger partial charge in [0.05, 0.1) is 5.56 Å². The second kappa shape index (κ2) is 5.36. The first kappa shape index (κ1) is 12.2. The highest BCUT2D eigenvalue weighted by Gasteiger charge is 2.08. The van der Waals surface area contributed by atoms with Crippen LogP contribution in [-0.2, 0) is 4.74 Å². The second-order valence-electron chi connectivity index (χ2n) is 3.98. The largest absolute Gasteiger partial charge is 0.458 e. The average Bonchev–Trinajstić information content (AvgIpc) is 2.89. The molecule has 0 atom stereocenters. The number of rotatable bonds is 4. The molecule has 1 aromatic heterocycles. The molecule has 18 heavy (non-hydrogen) atoms. The SMILES string of the molecule is C=CCOC(=O)c1ccc(-n2cccc2)c(C)c1. The first-order chi connectivity index (χ1) is 8.72. The Bertz CT molecular complexity index is 556. The monoisotopic (exact) mass is 241 g/mol. The molecule has 0 saturated heterocycles. The lowest BCUT2D eigenvalue weighted by Crippen LogP contribution is -2.06. The van der Waals surface area contributed by atoms with Gasteiger partial charge in [0.15, 0.2) is 0 Å². The molecule has 2 rings (SSSR count). The van der Waals surface area contributed by atoms with Crippen molar-refractivity contribution < 1.29 is 9.53 Å². The van der Waals surface area contributed by atoms with Crippen LogP contribution in [0.1, 0.15) is 15.9 Å². The van der Waals surface area contributed by atoms with Gasteiger partial charge in [-0.25, -0.2) is 4.79 Å². The van der Waals surface area contributed by atoms with Crippen LogP contribution in [0.2, 0.25) is 0 Å². The Labute approximate surface area is 106 Å². The van der Waals surface area contributed by atoms with Crippen molar-refractivity contribution in [3.63, 3.8) is 0 Å². The summed E-state index contributed by atoms with van der Waals surface area (Å²) < 4.78 is 7.01. The third-order valence-electron chi connectivity index (χ3n) is 2.65. The lowest BCUT2D eigenvalue weighted by molar-refractivity contribution is 0.0549. The highest BCUT2D eigenvalue weighted by atomic mass is 16.5. The van der Waals surface area contributed by atoms with Crippen LogP contribution in [0.25, 0.3) is 5.69 Å². The Balaban J connectivity index is 2.25. The van der Waals surface area contributed by atoms with Crippen LogP contribution in [0.3, 0.4) is 0 Å². The maximum absolute atomic E-state index is 11.7. The molecule has 0 aliphatic carbocycles. The number of nitrogens with zero attached hydrogens (tertiary/aromatic N) is 1. The molecule has 0 bridgehead atoms. The lowest BCUT2D eigenvalue weighted by Gasteiger charge is -2.09. The number of carbonyl (C=O) groups is 1. The van der Waals surface area contributed by atoms with Gasteiger partial charge in [0, 0.05) is 18.1 Å². The van der Waals surface area contributed by atoms with E-state index in [9.17, 15) is 4.79 Å². The molecular formula is C15H15NO2. The van der Waals surface area contributed by atoms with Gasteiger partial charge in [-0.2, -0.15) is 0 Å². The summed E-state index contributed by atoms with van der Waals surface area (Å²) in [6, 6.07) is 9.45. The van der Waals surface area contributed by atoms with Crippen LogP contribution in [0.4, 0.5) is 0 Å². The maximum Gasteiger partial charge on any atom is 0.338 e. The fourth-order valence-electron chi connectivity index (χ4n) is 1.79. The zero-order chi connectivity index (χ0) is 13.0. The Morgan fingerprint density at radius 3 is 2.72 bits per heavy atom. The molecule has 0 spiro atoms. The first-order valence-electron chi connectivity index (χ1n) is 5.74. The van der Waals surface area contributed by atoms with Crippen molar-refractivity contribution in [3.05, 3.63) is 66.5 Å². The fraction of sp³-hybridized carbons (Fsp3) is 0.133. The summed E-state index contributed by atoms with van der Waals surface area (Å²) in [5.74, 6) is -0.322. The molecule has 0 N–H and O–H groups in total. The molecule has 3 heteroatoms. The van der Waals surface area contributed by atoms with Crippen molar-refractivity contribution >= 4 is 5.97 Å². The number of aromatic nitrogens is 1. The Hall–Kier alpha value is -2.29. The highest BCUT2D eigenvalue weighted by molar-refractivity contribution is 5.90. The van der Waals surface area contributed by atoms with Crippen molar-refractivity contribution in [2.45, 2.75) is 6.92 Å². The molecular weight excluding hydrogens is 226 g/mol. The maximum atomic E-state index is 11.7. The summed E-state index contributed by atoms with van der Waals surface area (Å²) in [6.07, 6.45) is 5.50. The molecule has 0 unspecified atom stereocenters. The molecule has 1 aromatic carbocycles. The molecule has 0 saturated carbocycles. The predicted molar refractivity (Wildman–Crippen MR) is 71.0 cm³/mol. The molecule has 2 aromatic rings. The molecule has 0 aliphatic heterocycles. The Morgan fingerprint density at radius 2 is 2.11 bits per heavy atom. The van der Waals surface area contributed by atoms with Crippen molar-refractivity contribution in [2.75, 3.05) is 6.61 Å². The van der Waals surface area contributed by atoms with E-state index in [0.29, 0.717) is 5.56 Å². The summed E-state index contributed by atoms with van der Waals surface area (Å²) in [5, 5.41) is 0. The predicted octanol–water partition coefficient (Wildman–Crippen LogP) is 3.13. The standard InChI is InChI=1S/C15H15NO2/c1-3-10-18-15(17)13-6-7-14(12(2)11-13)16-8-4-5-9-16/h3-9,11H,1,10H2,2H3. The van der Waals surface area contributed by atoms with Crippen LogP contribution in [0.5, 0.6) is 0 Å². The average molecular weight is 241 g/mol. The van der Waals surface area contributed by atoms with E-state index in [1.54, 1.807) is 12.1 Å². The third-order valence-corrected chi connectivity index (χ3v) is 2.65. The summed E-state index contributed by atoms with van der Waals surface area (Å²) in [5.41, 5.74) is 2.64. The number of aryl methyl sites for hydroxylation is 1. The highest BCUT2D eigenvalue weighted by Crippen LogP contribution is 2.16. The van der Waals surface area contributed by atoms with Crippen molar-refractivity contribution in [3.8, 4) is 5.69 Å². The molecule has 0 amide bonds. The summed E-state index contributed by atoms with van der Waals surface area (Å²) in [4.78, 5) is 11.7. The van der Waals surface area contributed by atoms with E-state index in [4.69, 9.17) is 4.74 Å². The lowest BCUT2D eigenvalue weighted by atomic mass is 10.1. The van der Waals surface area contributed by atoms with Crippen LogP contribution in [0.15, 0.2) is 55.4 Å². The molecule has 1 heterocycles. The van der Waals surface area contributed by atoms with Crippen LogP contribution in [-0.4, -0.2) is 17.1 Å². The van der Waals surface area contributed by atoms with Crippen LogP contribution >= 0.6 is 0 Å². The van der Waals surface area contributed by atoms with Gasteiger partial charge in [0.25, 0.3) is 0 Å². The van der Waals surface area contributed by atoms with Gasteiger partial charge in [-0.05, 0) is 42.8 Å². The summed E-state index contributed by atoms with van der Waals surface area (Å²) in [6.45, 7) is 5.72. The summed E-state index contributed by atoms with van der Waals surface area (Å²) >= 11 is 0. The van der Waals surface area contributed by atoms with Crippen molar-refractivity contribution in [1.29, 1.82) is 0 Å². The zero-order valence-corrected chi connectivity index (χ0v) is 10.3.